The Labute approximate surface area is 134 Å². The number of carbonyl (C=O) groups excluding carboxylic acids is 1. The number of rotatable bonds is 2. The second-order valence-electron chi connectivity index (χ2n) is 6.18. The van der Waals surface area contributed by atoms with Crippen molar-refractivity contribution in [3.63, 3.8) is 0 Å². The largest absolute Gasteiger partial charge is 0.381 e. The van der Waals surface area contributed by atoms with E-state index in [0.717, 1.165) is 44.5 Å². The van der Waals surface area contributed by atoms with Gasteiger partial charge in [-0.1, -0.05) is 12.1 Å². The van der Waals surface area contributed by atoms with E-state index in [-0.39, 0.29) is 5.92 Å². The highest BCUT2D eigenvalue weighted by Gasteiger charge is 2.31. The number of carbonyl (C=O) groups is 1. The molecule has 4 nitrogen and oxygen atoms in total. The number of piperidine rings is 1. The van der Waals surface area contributed by atoms with Crippen molar-refractivity contribution in [3.8, 4) is 0 Å². The summed E-state index contributed by atoms with van der Waals surface area (Å²) in [6, 6.07) is 8.31. The Bertz CT molecular complexity index is 637. The van der Waals surface area contributed by atoms with E-state index in [0.29, 0.717) is 18.4 Å². The summed E-state index contributed by atoms with van der Waals surface area (Å²) in [6.07, 6.45) is 2.94. The van der Waals surface area contributed by atoms with Crippen molar-refractivity contribution in [3.05, 3.63) is 29.3 Å². The van der Waals surface area contributed by atoms with Crippen LogP contribution in [0.15, 0.2) is 24.3 Å². The van der Waals surface area contributed by atoms with E-state index in [9.17, 15) is 4.79 Å². The van der Waals surface area contributed by atoms with Crippen molar-refractivity contribution in [2.24, 2.45) is 5.92 Å². The molecule has 4 rings (SSSR count). The average molecular weight is 316 g/mol. The Morgan fingerprint density at radius 2 is 2.05 bits per heavy atom. The normalized spacial score (nSPS) is 23.3. The van der Waals surface area contributed by atoms with Gasteiger partial charge in [0.1, 0.15) is 0 Å². The standard InChI is InChI=1S/C17H20N2O2S/c20-17(13-7-10-21-11-13)19-8-5-12(6-9-19)16-18-14-3-1-2-4-15(14)22-16/h1-4,12-13H,5-11H2. The Balaban J connectivity index is 1.41. The number of benzene rings is 1. The molecule has 1 aromatic carbocycles. The van der Waals surface area contributed by atoms with Crippen molar-refractivity contribution in [1.82, 2.24) is 9.88 Å². The molecule has 0 saturated carbocycles. The van der Waals surface area contributed by atoms with Gasteiger partial charge in [-0.3, -0.25) is 4.79 Å². The molecule has 0 N–H and O–H groups in total. The van der Waals surface area contributed by atoms with E-state index in [1.54, 1.807) is 11.3 Å². The van der Waals surface area contributed by atoms with E-state index >= 15 is 0 Å². The van der Waals surface area contributed by atoms with Crippen LogP contribution >= 0.6 is 11.3 Å². The van der Waals surface area contributed by atoms with Crippen molar-refractivity contribution >= 4 is 27.5 Å². The number of nitrogens with zero attached hydrogens (tertiary/aromatic N) is 2. The summed E-state index contributed by atoms with van der Waals surface area (Å²) in [6.45, 7) is 3.06. The number of para-hydroxylation sites is 1. The quantitative estimate of drug-likeness (QED) is 0.855. The Morgan fingerprint density at radius 3 is 2.77 bits per heavy atom. The average Bonchev–Trinajstić information content (AvgIpc) is 3.23. The maximum atomic E-state index is 12.4. The fraction of sp³-hybridized carbons (Fsp3) is 0.529. The summed E-state index contributed by atoms with van der Waals surface area (Å²) in [7, 11) is 0. The number of amides is 1. The third kappa shape index (κ3) is 2.63. The number of ether oxygens (including phenoxy) is 1. The molecule has 2 aromatic rings. The zero-order chi connectivity index (χ0) is 14.9. The fourth-order valence-electron chi connectivity index (χ4n) is 3.40. The van der Waals surface area contributed by atoms with Gasteiger partial charge >= 0.3 is 0 Å². The van der Waals surface area contributed by atoms with Gasteiger partial charge in [0, 0.05) is 25.6 Å². The van der Waals surface area contributed by atoms with Crippen molar-refractivity contribution in [2.75, 3.05) is 26.3 Å². The lowest BCUT2D eigenvalue weighted by Crippen LogP contribution is -2.41. The van der Waals surface area contributed by atoms with Gasteiger partial charge in [-0.2, -0.15) is 0 Å². The number of fused-ring (bicyclic) bond motifs is 1. The summed E-state index contributed by atoms with van der Waals surface area (Å²) in [5, 5.41) is 1.23. The molecule has 1 amide bonds. The molecule has 2 fully saturated rings. The molecule has 2 aliphatic rings. The van der Waals surface area contributed by atoms with Gasteiger partial charge in [0.15, 0.2) is 0 Å². The molecule has 1 unspecified atom stereocenters. The maximum absolute atomic E-state index is 12.4. The molecule has 5 heteroatoms. The van der Waals surface area contributed by atoms with E-state index in [1.807, 2.05) is 11.0 Å². The van der Waals surface area contributed by atoms with E-state index < -0.39 is 0 Å². The smallest absolute Gasteiger partial charge is 0.228 e. The SMILES string of the molecule is O=C(C1CCOC1)N1CCC(c2nc3ccccc3s2)CC1. The molecular weight excluding hydrogens is 296 g/mol. The van der Waals surface area contributed by atoms with Crippen LogP contribution in [-0.4, -0.2) is 42.1 Å². The number of aromatic nitrogens is 1. The molecular formula is C17H20N2O2S. The highest BCUT2D eigenvalue weighted by atomic mass is 32.1. The van der Waals surface area contributed by atoms with Gasteiger partial charge in [-0.05, 0) is 31.4 Å². The van der Waals surface area contributed by atoms with Crippen LogP contribution in [0.1, 0.15) is 30.2 Å². The van der Waals surface area contributed by atoms with E-state index in [1.165, 1.54) is 9.71 Å². The van der Waals surface area contributed by atoms with Crippen molar-refractivity contribution in [2.45, 2.75) is 25.2 Å². The Hall–Kier alpha value is -1.46. The second-order valence-corrected chi connectivity index (χ2v) is 7.24. The van der Waals surface area contributed by atoms with Gasteiger partial charge in [0.25, 0.3) is 0 Å². The van der Waals surface area contributed by atoms with Crippen molar-refractivity contribution in [1.29, 1.82) is 0 Å². The first-order valence-electron chi connectivity index (χ1n) is 8.03. The molecule has 0 bridgehead atoms. The number of likely N-dealkylation sites (tertiary alicyclic amines) is 1. The van der Waals surface area contributed by atoms with Gasteiger partial charge in [-0.15, -0.1) is 11.3 Å². The summed E-state index contributed by atoms with van der Waals surface area (Å²) in [5.41, 5.74) is 1.10. The van der Waals surface area contributed by atoms with Crippen LogP contribution in [0.25, 0.3) is 10.2 Å². The molecule has 116 valence electrons. The highest BCUT2D eigenvalue weighted by molar-refractivity contribution is 7.18. The predicted molar refractivity (Wildman–Crippen MR) is 87.1 cm³/mol. The van der Waals surface area contributed by atoms with Crippen LogP contribution in [0.5, 0.6) is 0 Å². The number of hydrogen-bond acceptors (Lipinski definition) is 4. The second kappa shape index (κ2) is 5.97. The zero-order valence-electron chi connectivity index (χ0n) is 12.5. The topological polar surface area (TPSA) is 42.4 Å². The molecule has 22 heavy (non-hydrogen) atoms. The molecule has 2 saturated heterocycles. The van der Waals surface area contributed by atoms with Crippen LogP contribution < -0.4 is 0 Å². The third-order valence-electron chi connectivity index (χ3n) is 4.75. The van der Waals surface area contributed by atoms with Crippen LogP contribution in [0.4, 0.5) is 0 Å². The molecule has 3 heterocycles. The van der Waals surface area contributed by atoms with Gasteiger partial charge in [0.05, 0.1) is 27.7 Å². The lowest BCUT2D eigenvalue weighted by molar-refractivity contribution is -0.136. The van der Waals surface area contributed by atoms with E-state index in [4.69, 9.17) is 9.72 Å². The predicted octanol–water partition coefficient (Wildman–Crippen LogP) is 3.04. The van der Waals surface area contributed by atoms with Gasteiger partial charge < -0.3 is 9.64 Å². The minimum absolute atomic E-state index is 0.0963. The number of thiazole rings is 1. The fourth-order valence-corrected chi connectivity index (χ4v) is 4.54. The Morgan fingerprint density at radius 1 is 1.23 bits per heavy atom. The van der Waals surface area contributed by atoms with Crippen LogP contribution in [0, 0.1) is 5.92 Å². The summed E-state index contributed by atoms with van der Waals surface area (Å²) in [5.74, 6) is 0.889. The lowest BCUT2D eigenvalue weighted by atomic mass is 9.96. The van der Waals surface area contributed by atoms with Crippen LogP contribution in [-0.2, 0) is 9.53 Å². The maximum Gasteiger partial charge on any atom is 0.228 e. The third-order valence-corrected chi connectivity index (χ3v) is 5.94. The lowest BCUT2D eigenvalue weighted by Gasteiger charge is -2.32. The van der Waals surface area contributed by atoms with E-state index in [2.05, 4.69) is 18.2 Å². The monoisotopic (exact) mass is 316 g/mol. The zero-order valence-corrected chi connectivity index (χ0v) is 13.3. The van der Waals surface area contributed by atoms with Crippen molar-refractivity contribution < 1.29 is 9.53 Å². The molecule has 0 radical (unpaired) electrons. The molecule has 0 aliphatic carbocycles. The Kier molecular flexibility index (Phi) is 3.84. The summed E-state index contributed by atoms with van der Waals surface area (Å²) < 4.78 is 6.60. The highest BCUT2D eigenvalue weighted by Crippen LogP contribution is 2.34. The molecule has 2 aliphatic heterocycles. The first-order chi connectivity index (χ1) is 10.8. The molecule has 0 spiro atoms. The summed E-state index contributed by atoms with van der Waals surface area (Å²) >= 11 is 1.80. The number of hydrogen-bond donors (Lipinski definition) is 0. The summed E-state index contributed by atoms with van der Waals surface area (Å²) in [4.78, 5) is 19.2. The van der Waals surface area contributed by atoms with Gasteiger partial charge in [0.2, 0.25) is 5.91 Å². The van der Waals surface area contributed by atoms with Gasteiger partial charge in [-0.25, -0.2) is 4.98 Å². The minimum atomic E-state index is 0.0963. The minimum Gasteiger partial charge on any atom is -0.381 e. The van der Waals surface area contributed by atoms with Crippen LogP contribution in [0.2, 0.25) is 0 Å². The first-order valence-corrected chi connectivity index (χ1v) is 8.85. The first kappa shape index (κ1) is 14.2. The van der Waals surface area contributed by atoms with Crippen LogP contribution in [0.3, 0.4) is 0 Å². The molecule has 1 atom stereocenters. The molecule has 1 aromatic heterocycles.